The minimum atomic E-state index is -0.348. The van der Waals surface area contributed by atoms with E-state index in [4.69, 9.17) is 4.74 Å². The Balaban J connectivity index is 2.05. The number of aryl methyl sites for hydroxylation is 1. The molecule has 6 heteroatoms. The lowest BCUT2D eigenvalue weighted by Gasteiger charge is -2.07. The van der Waals surface area contributed by atoms with Crippen LogP contribution < -0.4 is 4.74 Å². The van der Waals surface area contributed by atoms with Crippen LogP contribution in [0.1, 0.15) is 12.7 Å². The first-order chi connectivity index (χ1) is 8.20. The first-order valence-corrected chi connectivity index (χ1v) is 5.94. The molecule has 0 saturated heterocycles. The molecule has 90 valence electrons. The molecule has 0 aliphatic carbocycles. The van der Waals surface area contributed by atoms with Crippen molar-refractivity contribution in [1.29, 1.82) is 0 Å². The lowest BCUT2D eigenvalue weighted by molar-refractivity contribution is 0.286. The molecule has 0 aliphatic heterocycles. The molecule has 1 heterocycles. The number of halogens is 2. The lowest BCUT2D eigenvalue weighted by atomic mass is 10.3. The average Bonchev–Trinajstić information content (AvgIpc) is 2.78. The molecule has 2 aromatic rings. The van der Waals surface area contributed by atoms with Gasteiger partial charge in [-0.25, -0.2) is 14.1 Å². The summed E-state index contributed by atoms with van der Waals surface area (Å²) in [5, 5.41) is 4.02. The van der Waals surface area contributed by atoms with Crippen LogP contribution in [0.2, 0.25) is 0 Å². The second kappa shape index (κ2) is 5.27. The van der Waals surface area contributed by atoms with Crippen LogP contribution in [0.4, 0.5) is 4.39 Å². The van der Waals surface area contributed by atoms with Gasteiger partial charge in [0.25, 0.3) is 0 Å². The summed E-state index contributed by atoms with van der Waals surface area (Å²) in [6.45, 7) is 2.97. The van der Waals surface area contributed by atoms with Crippen molar-refractivity contribution in [2.75, 3.05) is 0 Å². The topological polar surface area (TPSA) is 39.9 Å². The maximum atomic E-state index is 13.2. The highest BCUT2D eigenvalue weighted by atomic mass is 79.9. The van der Waals surface area contributed by atoms with Crippen LogP contribution in [-0.4, -0.2) is 14.8 Å². The molecule has 1 aromatic carbocycles. The maximum Gasteiger partial charge on any atom is 0.164 e. The lowest BCUT2D eigenvalue weighted by Crippen LogP contribution is -2.07. The number of hydrogen-bond donors (Lipinski definition) is 0. The van der Waals surface area contributed by atoms with E-state index in [0.717, 1.165) is 12.4 Å². The van der Waals surface area contributed by atoms with Crippen molar-refractivity contribution in [3.05, 3.63) is 40.6 Å². The standard InChI is InChI=1S/C11H11BrFN3O/c1-2-16-11(14-7-15-16)6-17-8-3-4-9(12)10(13)5-8/h3-5,7H,2,6H2,1H3. The van der Waals surface area contributed by atoms with Gasteiger partial charge >= 0.3 is 0 Å². The van der Waals surface area contributed by atoms with Crippen LogP contribution in [0, 0.1) is 5.82 Å². The third kappa shape index (κ3) is 2.82. The summed E-state index contributed by atoms with van der Waals surface area (Å²) in [5.41, 5.74) is 0. The molecule has 0 N–H and O–H groups in total. The minimum Gasteiger partial charge on any atom is -0.486 e. The zero-order chi connectivity index (χ0) is 12.3. The molecule has 0 spiro atoms. The summed E-state index contributed by atoms with van der Waals surface area (Å²) in [4.78, 5) is 4.07. The number of aromatic nitrogens is 3. The van der Waals surface area contributed by atoms with Crippen molar-refractivity contribution in [1.82, 2.24) is 14.8 Å². The van der Waals surface area contributed by atoms with Gasteiger partial charge in [-0.3, -0.25) is 0 Å². The van der Waals surface area contributed by atoms with E-state index in [0.29, 0.717) is 10.2 Å². The predicted molar refractivity (Wildman–Crippen MR) is 64.1 cm³/mol. The van der Waals surface area contributed by atoms with Crippen LogP contribution in [0.3, 0.4) is 0 Å². The van der Waals surface area contributed by atoms with E-state index in [1.54, 1.807) is 16.8 Å². The summed E-state index contributed by atoms with van der Waals surface area (Å²) < 4.78 is 20.8. The third-order valence-corrected chi connectivity index (χ3v) is 2.90. The Morgan fingerprint density at radius 3 is 3.00 bits per heavy atom. The van der Waals surface area contributed by atoms with Crippen molar-refractivity contribution in [2.45, 2.75) is 20.1 Å². The molecule has 0 amide bonds. The highest BCUT2D eigenvalue weighted by molar-refractivity contribution is 9.10. The Morgan fingerprint density at radius 1 is 1.47 bits per heavy atom. The van der Waals surface area contributed by atoms with Crippen LogP contribution >= 0.6 is 15.9 Å². The molecule has 0 saturated carbocycles. The van der Waals surface area contributed by atoms with Gasteiger partial charge in [0.15, 0.2) is 5.82 Å². The largest absolute Gasteiger partial charge is 0.486 e. The third-order valence-electron chi connectivity index (χ3n) is 2.25. The van der Waals surface area contributed by atoms with Gasteiger partial charge in [0, 0.05) is 12.6 Å². The van der Waals surface area contributed by atoms with E-state index >= 15 is 0 Å². The molecule has 0 fully saturated rings. The summed E-state index contributed by atoms with van der Waals surface area (Å²) in [7, 11) is 0. The number of ether oxygens (including phenoxy) is 1. The smallest absolute Gasteiger partial charge is 0.164 e. The molecule has 0 aliphatic rings. The average molecular weight is 300 g/mol. The van der Waals surface area contributed by atoms with Gasteiger partial charge in [-0.1, -0.05) is 0 Å². The van der Waals surface area contributed by atoms with Gasteiger partial charge in [-0.2, -0.15) is 5.10 Å². The molecule has 0 unspecified atom stereocenters. The van der Waals surface area contributed by atoms with Crippen molar-refractivity contribution in [3.63, 3.8) is 0 Å². The second-order valence-corrected chi connectivity index (χ2v) is 4.21. The summed E-state index contributed by atoms with van der Waals surface area (Å²) in [5.74, 6) is 0.839. The summed E-state index contributed by atoms with van der Waals surface area (Å²) in [6.07, 6.45) is 1.48. The Hall–Kier alpha value is -1.43. The molecule has 4 nitrogen and oxygen atoms in total. The highest BCUT2D eigenvalue weighted by Gasteiger charge is 2.05. The predicted octanol–water partition coefficient (Wildman–Crippen LogP) is 2.78. The minimum absolute atomic E-state index is 0.273. The van der Waals surface area contributed by atoms with Gasteiger partial charge in [-0.05, 0) is 35.0 Å². The zero-order valence-electron chi connectivity index (χ0n) is 9.23. The molecule has 1 aromatic heterocycles. The molecular formula is C11H11BrFN3O. The number of hydrogen-bond acceptors (Lipinski definition) is 3. The van der Waals surface area contributed by atoms with Gasteiger partial charge in [0.1, 0.15) is 24.5 Å². The maximum absolute atomic E-state index is 13.2. The van der Waals surface area contributed by atoms with Gasteiger partial charge in [0.05, 0.1) is 4.47 Å². The van der Waals surface area contributed by atoms with E-state index in [1.807, 2.05) is 6.92 Å². The summed E-state index contributed by atoms with van der Waals surface area (Å²) in [6, 6.07) is 4.63. The normalized spacial score (nSPS) is 10.5. The second-order valence-electron chi connectivity index (χ2n) is 3.36. The molecule has 0 atom stereocenters. The van der Waals surface area contributed by atoms with Crippen LogP contribution in [0.5, 0.6) is 5.75 Å². The first kappa shape index (κ1) is 12.0. The SMILES string of the molecule is CCn1ncnc1COc1ccc(Br)c(F)c1. The fourth-order valence-electron chi connectivity index (χ4n) is 1.38. The van der Waals surface area contributed by atoms with Crippen molar-refractivity contribution >= 4 is 15.9 Å². The van der Waals surface area contributed by atoms with E-state index in [1.165, 1.54) is 12.4 Å². The number of rotatable bonds is 4. The zero-order valence-corrected chi connectivity index (χ0v) is 10.8. The summed E-state index contributed by atoms with van der Waals surface area (Å²) >= 11 is 3.08. The van der Waals surface area contributed by atoms with Gasteiger partial charge in [-0.15, -0.1) is 0 Å². The molecule has 2 rings (SSSR count). The van der Waals surface area contributed by atoms with E-state index in [2.05, 4.69) is 26.0 Å². The quantitative estimate of drug-likeness (QED) is 0.871. The van der Waals surface area contributed by atoms with E-state index in [-0.39, 0.29) is 12.4 Å². The van der Waals surface area contributed by atoms with Crippen LogP contribution in [0.15, 0.2) is 29.0 Å². The number of nitrogens with zero attached hydrogens (tertiary/aromatic N) is 3. The molecule has 0 radical (unpaired) electrons. The Kier molecular flexibility index (Phi) is 3.73. The van der Waals surface area contributed by atoms with Crippen LogP contribution in [-0.2, 0) is 13.2 Å². The fourth-order valence-corrected chi connectivity index (χ4v) is 1.63. The first-order valence-electron chi connectivity index (χ1n) is 5.15. The Morgan fingerprint density at radius 2 is 2.29 bits per heavy atom. The van der Waals surface area contributed by atoms with Gasteiger partial charge in [0.2, 0.25) is 0 Å². The Labute approximate surface area is 107 Å². The van der Waals surface area contributed by atoms with E-state index in [9.17, 15) is 4.39 Å². The van der Waals surface area contributed by atoms with Crippen molar-refractivity contribution in [2.24, 2.45) is 0 Å². The Bertz CT molecular complexity index is 515. The molecular weight excluding hydrogens is 289 g/mol. The number of benzene rings is 1. The monoisotopic (exact) mass is 299 g/mol. The van der Waals surface area contributed by atoms with Crippen LogP contribution in [0.25, 0.3) is 0 Å². The fraction of sp³-hybridized carbons (Fsp3) is 0.273. The van der Waals surface area contributed by atoms with Crippen molar-refractivity contribution < 1.29 is 9.13 Å². The van der Waals surface area contributed by atoms with Gasteiger partial charge < -0.3 is 4.74 Å². The highest BCUT2D eigenvalue weighted by Crippen LogP contribution is 2.21. The van der Waals surface area contributed by atoms with E-state index < -0.39 is 0 Å². The van der Waals surface area contributed by atoms with Crippen molar-refractivity contribution in [3.8, 4) is 5.75 Å². The molecule has 0 bridgehead atoms. The molecule has 17 heavy (non-hydrogen) atoms.